The van der Waals surface area contributed by atoms with Crippen LogP contribution < -0.4 is 10.6 Å². The van der Waals surface area contributed by atoms with E-state index in [-0.39, 0.29) is 18.4 Å². The molecule has 1 aromatic carbocycles. The average Bonchev–Trinajstić information content (AvgIpc) is 2.79. The van der Waals surface area contributed by atoms with Crippen molar-refractivity contribution >= 4 is 38.6 Å². The van der Waals surface area contributed by atoms with Crippen molar-refractivity contribution in [1.29, 1.82) is 0 Å². The molecule has 0 fully saturated rings. The number of likely N-dealkylation sites (N-methyl/N-ethyl adjacent to an activating group) is 1. The van der Waals surface area contributed by atoms with Crippen LogP contribution in [-0.4, -0.2) is 29.9 Å². The van der Waals surface area contributed by atoms with Gasteiger partial charge in [0.05, 0.1) is 6.54 Å². The van der Waals surface area contributed by atoms with E-state index in [1.807, 2.05) is 25.1 Å². The Morgan fingerprint density at radius 1 is 1.26 bits per heavy atom. The van der Waals surface area contributed by atoms with Crippen LogP contribution in [0.15, 0.2) is 28.7 Å². The van der Waals surface area contributed by atoms with Gasteiger partial charge in [-0.25, -0.2) is 0 Å². The number of nitrogens with one attached hydrogen (secondary N) is 3. The van der Waals surface area contributed by atoms with E-state index in [4.69, 9.17) is 0 Å². The first kappa shape index (κ1) is 13.6. The Kier molecular flexibility index (Phi) is 4.21. The molecule has 1 heterocycles. The molecule has 0 radical (unpaired) electrons. The van der Waals surface area contributed by atoms with Crippen molar-refractivity contribution < 1.29 is 9.59 Å². The van der Waals surface area contributed by atoms with Gasteiger partial charge in [-0.15, -0.1) is 0 Å². The standard InChI is InChI=1S/C13H14BrN3O2/c1-2-15-12(18)7-16-13(19)11-5-8-3-4-9(14)6-10(8)17-11/h3-6,17H,2,7H2,1H3,(H,15,18)(H,16,19). The number of halogens is 1. The molecule has 3 N–H and O–H groups in total. The van der Waals surface area contributed by atoms with Crippen LogP contribution in [0.3, 0.4) is 0 Å². The topological polar surface area (TPSA) is 74.0 Å². The van der Waals surface area contributed by atoms with Gasteiger partial charge in [-0.3, -0.25) is 9.59 Å². The maximum atomic E-state index is 11.9. The summed E-state index contributed by atoms with van der Waals surface area (Å²) in [4.78, 5) is 26.1. The molecule has 5 nitrogen and oxygen atoms in total. The molecule has 0 aliphatic heterocycles. The summed E-state index contributed by atoms with van der Waals surface area (Å²) in [6, 6.07) is 7.48. The fourth-order valence-electron chi connectivity index (χ4n) is 1.74. The molecule has 0 saturated heterocycles. The number of carbonyl (C=O) groups excluding carboxylic acids is 2. The lowest BCUT2D eigenvalue weighted by Crippen LogP contribution is -2.36. The summed E-state index contributed by atoms with van der Waals surface area (Å²) in [7, 11) is 0. The van der Waals surface area contributed by atoms with Crippen molar-refractivity contribution in [2.45, 2.75) is 6.92 Å². The van der Waals surface area contributed by atoms with Gasteiger partial charge < -0.3 is 15.6 Å². The molecular formula is C13H14BrN3O2. The van der Waals surface area contributed by atoms with E-state index >= 15 is 0 Å². The van der Waals surface area contributed by atoms with Crippen LogP contribution in [0, 0.1) is 0 Å². The number of benzene rings is 1. The summed E-state index contributed by atoms with van der Waals surface area (Å²) in [6.45, 7) is 2.36. The summed E-state index contributed by atoms with van der Waals surface area (Å²) in [6.07, 6.45) is 0. The van der Waals surface area contributed by atoms with Crippen molar-refractivity contribution in [3.05, 3.63) is 34.4 Å². The van der Waals surface area contributed by atoms with E-state index in [2.05, 4.69) is 31.5 Å². The average molecular weight is 324 g/mol. The Balaban J connectivity index is 2.07. The number of hydrogen-bond donors (Lipinski definition) is 3. The third-order valence-electron chi connectivity index (χ3n) is 2.61. The second-order valence-corrected chi connectivity index (χ2v) is 4.97. The quantitative estimate of drug-likeness (QED) is 0.802. The normalized spacial score (nSPS) is 10.4. The van der Waals surface area contributed by atoms with Crippen LogP contribution >= 0.6 is 15.9 Å². The SMILES string of the molecule is CCNC(=O)CNC(=O)c1cc2ccc(Br)cc2[nH]1. The van der Waals surface area contributed by atoms with Crippen LogP contribution in [0.4, 0.5) is 0 Å². The Hall–Kier alpha value is -1.82. The Labute approximate surface area is 118 Å². The highest BCUT2D eigenvalue weighted by atomic mass is 79.9. The van der Waals surface area contributed by atoms with E-state index in [9.17, 15) is 9.59 Å². The number of carbonyl (C=O) groups is 2. The van der Waals surface area contributed by atoms with Gasteiger partial charge in [0.1, 0.15) is 5.69 Å². The minimum atomic E-state index is -0.293. The molecule has 0 saturated carbocycles. The van der Waals surface area contributed by atoms with Gasteiger partial charge in [-0.1, -0.05) is 22.0 Å². The molecule has 19 heavy (non-hydrogen) atoms. The molecule has 0 unspecified atom stereocenters. The summed E-state index contributed by atoms with van der Waals surface area (Å²) >= 11 is 3.37. The van der Waals surface area contributed by atoms with E-state index in [1.54, 1.807) is 6.07 Å². The molecule has 0 aliphatic carbocycles. The maximum absolute atomic E-state index is 11.9. The monoisotopic (exact) mass is 323 g/mol. The Morgan fingerprint density at radius 3 is 2.79 bits per heavy atom. The van der Waals surface area contributed by atoms with Crippen LogP contribution in [0.2, 0.25) is 0 Å². The summed E-state index contributed by atoms with van der Waals surface area (Å²) in [5, 5.41) is 6.13. The second kappa shape index (κ2) is 5.88. The van der Waals surface area contributed by atoms with Crippen LogP contribution in [-0.2, 0) is 4.79 Å². The lowest BCUT2D eigenvalue weighted by Gasteiger charge is -2.03. The fraction of sp³-hybridized carbons (Fsp3) is 0.231. The first-order valence-corrected chi connectivity index (χ1v) is 6.72. The number of H-pyrrole nitrogens is 1. The van der Waals surface area contributed by atoms with Crippen molar-refractivity contribution in [3.8, 4) is 0 Å². The molecule has 2 rings (SSSR count). The third kappa shape index (κ3) is 3.35. The first-order valence-electron chi connectivity index (χ1n) is 5.93. The lowest BCUT2D eigenvalue weighted by atomic mass is 10.2. The van der Waals surface area contributed by atoms with Crippen molar-refractivity contribution in [2.24, 2.45) is 0 Å². The highest BCUT2D eigenvalue weighted by molar-refractivity contribution is 9.10. The predicted molar refractivity (Wildman–Crippen MR) is 77.0 cm³/mol. The smallest absolute Gasteiger partial charge is 0.268 e. The zero-order valence-corrected chi connectivity index (χ0v) is 12.0. The van der Waals surface area contributed by atoms with Gasteiger partial charge in [-0.05, 0) is 25.1 Å². The van der Waals surface area contributed by atoms with Gasteiger partial charge in [0.15, 0.2) is 0 Å². The van der Waals surface area contributed by atoms with Gasteiger partial charge in [-0.2, -0.15) is 0 Å². The molecule has 0 bridgehead atoms. The van der Waals surface area contributed by atoms with Crippen LogP contribution in [0.1, 0.15) is 17.4 Å². The molecule has 6 heteroatoms. The largest absolute Gasteiger partial charge is 0.355 e. The molecule has 1 aromatic heterocycles. The van der Waals surface area contributed by atoms with E-state index in [0.717, 1.165) is 15.4 Å². The fourth-order valence-corrected chi connectivity index (χ4v) is 2.10. The second-order valence-electron chi connectivity index (χ2n) is 4.05. The summed E-state index contributed by atoms with van der Waals surface area (Å²) in [5.41, 5.74) is 1.31. The number of aromatic amines is 1. The lowest BCUT2D eigenvalue weighted by molar-refractivity contribution is -0.120. The number of rotatable bonds is 4. The number of hydrogen-bond acceptors (Lipinski definition) is 2. The molecular weight excluding hydrogens is 310 g/mol. The van der Waals surface area contributed by atoms with Gasteiger partial charge in [0.2, 0.25) is 5.91 Å². The number of aromatic nitrogens is 1. The molecule has 2 aromatic rings. The van der Waals surface area contributed by atoms with E-state index < -0.39 is 0 Å². The van der Waals surface area contributed by atoms with Crippen molar-refractivity contribution in [1.82, 2.24) is 15.6 Å². The van der Waals surface area contributed by atoms with Gasteiger partial charge in [0.25, 0.3) is 5.91 Å². The zero-order chi connectivity index (χ0) is 13.8. The molecule has 0 spiro atoms. The maximum Gasteiger partial charge on any atom is 0.268 e. The highest BCUT2D eigenvalue weighted by Gasteiger charge is 2.10. The van der Waals surface area contributed by atoms with Gasteiger partial charge in [0, 0.05) is 21.9 Å². The van der Waals surface area contributed by atoms with Crippen LogP contribution in [0.25, 0.3) is 10.9 Å². The third-order valence-corrected chi connectivity index (χ3v) is 3.11. The summed E-state index contributed by atoms with van der Waals surface area (Å²) < 4.78 is 0.941. The van der Waals surface area contributed by atoms with Crippen LogP contribution in [0.5, 0.6) is 0 Å². The van der Waals surface area contributed by atoms with E-state index in [1.165, 1.54) is 0 Å². The molecule has 2 amide bonds. The highest BCUT2D eigenvalue weighted by Crippen LogP contribution is 2.20. The molecule has 0 aliphatic rings. The zero-order valence-electron chi connectivity index (χ0n) is 10.4. The van der Waals surface area contributed by atoms with Crippen molar-refractivity contribution in [3.63, 3.8) is 0 Å². The van der Waals surface area contributed by atoms with E-state index in [0.29, 0.717) is 12.2 Å². The predicted octanol–water partition coefficient (Wildman–Crippen LogP) is 1.80. The number of amides is 2. The number of fused-ring (bicyclic) bond motifs is 1. The van der Waals surface area contributed by atoms with Crippen molar-refractivity contribution in [2.75, 3.05) is 13.1 Å². The Morgan fingerprint density at radius 2 is 2.05 bits per heavy atom. The first-order chi connectivity index (χ1) is 9.10. The summed E-state index contributed by atoms with van der Waals surface area (Å²) in [5.74, 6) is -0.492. The molecule has 0 atom stereocenters. The Bertz CT molecular complexity index is 621. The molecule has 100 valence electrons. The van der Waals surface area contributed by atoms with Gasteiger partial charge >= 0.3 is 0 Å². The minimum Gasteiger partial charge on any atom is -0.355 e. The minimum absolute atomic E-state index is 0.0221.